The summed E-state index contributed by atoms with van der Waals surface area (Å²) in [5.41, 5.74) is 0.580. The molecular weight excluding hydrogens is 164 g/mol. The molecule has 5 heteroatoms. The highest BCUT2D eigenvalue weighted by molar-refractivity contribution is 6.59. The van der Waals surface area contributed by atoms with E-state index in [2.05, 4.69) is 4.76 Å². The Balaban J connectivity index is 2.81. The van der Waals surface area contributed by atoms with E-state index in [4.69, 9.17) is 22.5 Å². The second kappa shape index (κ2) is 3.73. The number of benzene rings is 1. The van der Waals surface area contributed by atoms with Crippen molar-refractivity contribution in [3.63, 3.8) is 0 Å². The van der Waals surface area contributed by atoms with E-state index < -0.39 is 7.12 Å². The molecule has 0 aliphatic heterocycles. The molecule has 0 saturated carbocycles. The molecule has 0 bridgehead atoms. The highest BCUT2D eigenvalue weighted by Gasteiger charge is 2.13. The zero-order valence-corrected chi connectivity index (χ0v) is 6.45. The lowest BCUT2D eigenvalue weighted by molar-refractivity contribution is 0.281. The SMILES string of the molecule is NOB(O)c1ccc(Cl)cc1. The second-order valence-corrected chi connectivity index (χ2v) is 2.48. The van der Waals surface area contributed by atoms with Gasteiger partial charge < -0.3 is 9.78 Å². The number of hydrogen-bond acceptors (Lipinski definition) is 3. The molecule has 0 aliphatic rings. The average Bonchev–Trinajstić information content (AvgIpc) is 2.05. The summed E-state index contributed by atoms with van der Waals surface area (Å²) in [5, 5.41) is 9.64. The monoisotopic (exact) mass is 171 g/mol. The van der Waals surface area contributed by atoms with Gasteiger partial charge in [-0.3, -0.25) is 0 Å². The predicted molar refractivity (Wildman–Crippen MR) is 44.3 cm³/mol. The summed E-state index contributed by atoms with van der Waals surface area (Å²) in [5.74, 6) is 4.76. The molecule has 0 heterocycles. The molecule has 0 unspecified atom stereocenters. The van der Waals surface area contributed by atoms with Crippen LogP contribution in [-0.2, 0) is 4.76 Å². The van der Waals surface area contributed by atoms with Gasteiger partial charge in [0.2, 0.25) is 0 Å². The quantitative estimate of drug-likeness (QED) is 0.483. The lowest BCUT2D eigenvalue weighted by Gasteiger charge is -2.01. The van der Waals surface area contributed by atoms with Crippen LogP contribution >= 0.6 is 11.6 Å². The zero-order valence-electron chi connectivity index (χ0n) is 5.70. The third kappa shape index (κ3) is 2.20. The fourth-order valence-electron chi connectivity index (χ4n) is 0.706. The van der Waals surface area contributed by atoms with Gasteiger partial charge in [-0.05, 0) is 17.6 Å². The van der Waals surface area contributed by atoms with Crippen molar-refractivity contribution in [2.45, 2.75) is 0 Å². The molecule has 1 rings (SSSR count). The van der Waals surface area contributed by atoms with E-state index in [0.717, 1.165) is 0 Å². The second-order valence-electron chi connectivity index (χ2n) is 2.04. The van der Waals surface area contributed by atoms with Crippen LogP contribution in [0.1, 0.15) is 0 Å². The molecule has 0 fully saturated rings. The summed E-state index contributed by atoms with van der Waals surface area (Å²) in [6.07, 6.45) is 0. The minimum atomic E-state index is -1.08. The van der Waals surface area contributed by atoms with Gasteiger partial charge in [-0.1, -0.05) is 23.7 Å². The maximum absolute atomic E-state index is 9.03. The van der Waals surface area contributed by atoms with Crippen LogP contribution in [0.4, 0.5) is 0 Å². The molecule has 0 spiro atoms. The van der Waals surface area contributed by atoms with E-state index >= 15 is 0 Å². The molecule has 3 N–H and O–H groups in total. The number of halogens is 1. The minimum Gasteiger partial charge on any atom is -0.422 e. The van der Waals surface area contributed by atoms with E-state index in [1.54, 1.807) is 24.3 Å². The van der Waals surface area contributed by atoms with Crippen molar-refractivity contribution in [2.75, 3.05) is 0 Å². The van der Waals surface area contributed by atoms with Gasteiger partial charge in [0, 0.05) is 5.02 Å². The lowest BCUT2D eigenvalue weighted by atomic mass is 9.80. The molecule has 0 amide bonds. The van der Waals surface area contributed by atoms with Gasteiger partial charge in [-0.2, -0.15) is 0 Å². The molecule has 3 nitrogen and oxygen atoms in total. The Morgan fingerprint density at radius 2 is 1.91 bits per heavy atom. The lowest BCUT2D eigenvalue weighted by Crippen LogP contribution is -2.35. The van der Waals surface area contributed by atoms with Crippen LogP contribution in [0, 0.1) is 0 Å². The van der Waals surface area contributed by atoms with Gasteiger partial charge in [0.05, 0.1) is 0 Å². The zero-order chi connectivity index (χ0) is 8.27. The summed E-state index contributed by atoms with van der Waals surface area (Å²) >= 11 is 5.61. The fraction of sp³-hybridized carbons (Fsp3) is 0. The molecule has 11 heavy (non-hydrogen) atoms. The summed E-state index contributed by atoms with van der Waals surface area (Å²) in [4.78, 5) is 0. The van der Waals surface area contributed by atoms with Crippen LogP contribution in [0.25, 0.3) is 0 Å². The Kier molecular flexibility index (Phi) is 2.90. The maximum atomic E-state index is 9.03. The van der Waals surface area contributed by atoms with Crippen LogP contribution in [0.5, 0.6) is 0 Å². The Bertz CT molecular complexity index is 229. The van der Waals surface area contributed by atoms with Crippen molar-refractivity contribution in [3.05, 3.63) is 29.3 Å². The summed E-state index contributed by atoms with van der Waals surface area (Å²) < 4.78 is 4.19. The summed E-state index contributed by atoms with van der Waals surface area (Å²) in [7, 11) is -1.08. The molecule has 1 aromatic carbocycles. The van der Waals surface area contributed by atoms with E-state index in [0.29, 0.717) is 10.5 Å². The van der Waals surface area contributed by atoms with Gasteiger partial charge in [-0.15, -0.1) is 0 Å². The molecule has 0 aliphatic carbocycles. The molecule has 1 aromatic rings. The average molecular weight is 171 g/mol. The van der Waals surface area contributed by atoms with Crippen LogP contribution in [0.2, 0.25) is 5.02 Å². The van der Waals surface area contributed by atoms with Crippen molar-refractivity contribution < 1.29 is 9.78 Å². The molecule has 0 radical (unpaired) electrons. The van der Waals surface area contributed by atoms with Crippen molar-refractivity contribution in [1.82, 2.24) is 0 Å². The molecular formula is C6H7BClNO2. The highest BCUT2D eigenvalue weighted by atomic mass is 35.5. The summed E-state index contributed by atoms with van der Waals surface area (Å²) in [6, 6.07) is 6.58. The van der Waals surface area contributed by atoms with Gasteiger partial charge in [0.1, 0.15) is 0 Å². The van der Waals surface area contributed by atoms with Crippen molar-refractivity contribution in [3.8, 4) is 0 Å². The third-order valence-electron chi connectivity index (χ3n) is 1.28. The minimum absolute atomic E-state index is 0.580. The Hall–Kier alpha value is -0.545. The number of nitrogens with two attached hydrogens (primary N) is 1. The first-order valence-electron chi connectivity index (χ1n) is 3.03. The van der Waals surface area contributed by atoms with E-state index in [9.17, 15) is 0 Å². The first-order chi connectivity index (χ1) is 5.24. The largest absolute Gasteiger partial charge is 0.508 e. The highest BCUT2D eigenvalue weighted by Crippen LogP contribution is 2.03. The van der Waals surface area contributed by atoms with Gasteiger partial charge in [0.25, 0.3) is 0 Å². The Morgan fingerprint density at radius 1 is 1.36 bits per heavy atom. The number of hydrogen-bond donors (Lipinski definition) is 2. The third-order valence-corrected chi connectivity index (χ3v) is 1.54. The first-order valence-corrected chi connectivity index (χ1v) is 3.41. The van der Waals surface area contributed by atoms with Crippen LogP contribution < -0.4 is 11.4 Å². The Morgan fingerprint density at radius 3 is 2.36 bits per heavy atom. The molecule has 0 aromatic heterocycles. The van der Waals surface area contributed by atoms with Gasteiger partial charge in [-0.25, -0.2) is 5.90 Å². The van der Waals surface area contributed by atoms with E-state index in [1.807, 2.05) is 0 Å². The summed E-state index contributed by atoms with van der Waals surface area (Å²) in [6.45, 7) is 0. The van der Waals surface area contributed by atoms with E-state index in [1.165, 1.54) is 0 Å². The molecule has 58 valence electrons. The van der Waals surface area contributed by atoms with Crippen LogP contribution in [0.15, 0.2) is 24.3 Å². The van der Waals surface area contributed by atoms with Gasteiger partial charge >= 0.3 is 7.12 Å². The van der Waals surface area contributed by atoms with Crippen molar-refractivity contribution in [2.24, 2.45) is 5.90 Å². The number of rotatable bonds is 2. The predicted octanol–water partition coefficient (Wildman–Crippen LogP) is -0.0822. The van der Waals surface area contributed by atoms with Crippen LogP contribution in [-0.4, -0.2) is 12.1 Å². The topological polar surface area (TPSA) is 55.5 Å². The normalized spacial score (nSPS) is 9.73. The molecule has 0 atom stereocenters. The smallest absolute Gasteiger partial charge is 0.422 e. The maximum Gasteiger partial charge on any atom is 0.508 e. The standard InChI is InChI=1S/C6H7BClNO2/c8-6-3-1-5(2-4-6)7(10)11-9/h1-4,10H,9H2. The van der Waals surface area contributed by atoms with Crippen molar-refractivity contribution >= 4 is 24.2 Å². The van der Waals surface area contributed by atoms with E-state index in [-0.39, 0.29) is 0 Å². The van der Waals surface area contributed by atoms with Gasteiger partial charge in [0.15, 0.2) is 0 Å². The molecule has 0 saturated heterocycles. The van der Waals surface area contributed by atoms with Crippen molar-refractivity contribution in [1.29, 1.82) is 0 Å². The first kappa shape index (κ1) is 8.55. The Labute approximate surface area is 69.8 Å². The fourth-order valence-corrected chi connectivity index (χ4v) is 0.832. The van der Waals surface area contributed by atoms with Crippen LogP contribution in [0.3, 0.4) is 0 Å².